The zero-order valence-electron chi connectivity index (χ0n) is 27.6. The highest BCUT2D eigenvalue weighted by Crippen LogP contribution is 2.36. The van der Waals surface area contributed by atoms with Crippen molar-refractivity contribution >= 4 is 29.4 Å². The first-order valence-corrected chi connectivity index (χ1v) is 16.4. The van der Waals surface area contributed by atoms with Gasteiger partial charge in [0, 0.05) is 24.2 Å². The standard InChI is InChI=1S/C37H34N4O7S/c1-6-18-47-28-15-12-24(13-16-28)33-26(21-40(39-33)27-10-8-7-9-11-27)20-31-35(43)41-34(32(36(44)46-5)22(2)38-37(41)49-31)25-14-17-29(48-23(3)42)30(19-25)45-4/h7-17,19-21,34H,6,18H2,1-5H3/b31-20-/t34-/m0/s1. The Kier molecular flexibility index (Phi) is 9.58. The van der Waals surface area contributed by atoms with Crippen molar-refractivity contribution in [2.45, 2.75) is 33.2 Å². The topological polar surface area (TPSA) is 123 Å². The van der Waals surface area contributed by atoms with Crippen LogP contribution in [-0.2, 0) is 14.3 Å². The molecule has 3 aromatic carbocycles. The van der Waals surface area contributed by atoms with Gasteiger partial charge in [0.2, 0.25) is 0 Å². The Morgan fingerprint density at radius 3 is 2.43 bits per heavy atom. The van der Waals surface area contributed by atoms with Gasteiger partial charge in [0.1, 0.15) is 11.4 Å². The average molecular weight is 679 g/mol. The molecule has 12 heteroatoms. The van der Waals surface area contributed by atoms with Crippen LogP contribution in [0.5, 0.6) is 17.2 Å². The first-order chi connectivity index (χ1) is 23.7. The zero-order valence-corrected chi connectivity index (χ0v) is 28.4. The van der Waals surface area contributed by atoms with Crippen molar-refractivity contribution in [3.63, 3.8) is 0 Å². The molecule has 0 saturated carbocycles. The molecule has 1 aliphatic rings. The third kappa shape index (κ3) is 6.68. The molecule has 0 fully saturated rings. The van der Waals surface area contributed by atoms with E-state index >= 15 is 0 Å². The van der Waals surface area contributed by atoms with E-state index in [0.717, 1.165) is 23.4 Å². The van der Waals surface area contributed by atoms with Crippen LogP contribution in [0.3, 0.4) is 0 Å². The van der Waals surface area contributed by atoms with Crippen molar-refractivity contribution in [2.75, 3.05) is 20.8 Å². The van der Waals surface area contributed by atoms with E-state index in [1.165, 1.54) is 37.0 Å². The zero-order chi connectivity index (χ0) is 34.7. The maximum absolute atomic E-state index is 14.4. The number of hydrogen-bond donors (Lipinski definition) is 0. The van der Waals surface area contributed by atoms with E-state index in [2.05, 4.69) is 11.9 Å². The Morgan fingerprint density at radius 2 is 1.76 bits per heavy atom. The van der Waals surface area contributed by atoms with Gasteiger partial charge in [-0.15, -0.1) is 0 Å². The lowest BCUT2D eigenvalue weighted by Gasteiger charge is -2.25. The average Bonchev–Trinajstić information content (AvgIpc) is 3.67. The lowest BCUT2D eigenvalue weighted by molar-refractivity contribution is -0.136. The molecule has 0 N–H and O–H groups in total. The Balaban J connectivity index is 1.52. The fraction of sp³-hybridized carbons (Fsp3) is 0.216. The van der Waals surface area contributed by atoms with E-state index in [4.69, 9.17) is 24.0 Å². The number of nitrogens with zero attached hydrogens (tertiary/aromatic N) is 4. The van der Waals surface area contributed by atoms with Gasteiger partial charge in [-0.2, -0.15) is 5.10 Å². The number of benzene rings is 3. The summed E-state index contributed by atoms with van der Waals surface area (Å²) in [6, 6.07) is 21.4. The van der Waals surface area contributed by atoms with Crippen LogP contribution in [0, 0.1) is 0 Å². The number of aromatic nitrogens is 3. The third-order valence-electron chi connectivity index (χ3n) is 7.83. The van der Waals surface area contributed by atoms with Crippen LogP contribution in [0.4, 0.5) is 0 Å². The Bertz CT molecular complexity index is 2250. The van der Waals surface area contributed by atoms with E-state index in [1.807, 2.05) is 60.8 Å². The van der Waals surface area contributed by atoms with Crippen LogP contribution in [0.15, 0.2) is 100 Å². The summed E-state index contributed by atoms with van der Waals surface area (Å²) in [5.74, 6) is 0.0940. The number of rotatable bonds is 10. The Morgan fingerprint density at radius 1 is 1.00 bits per heavy atom. The first kappa shape index (κ1) is 33.2. The van der Waals surface area contributed by atoms with Gasteiger partial charge in [0.05, 0.1) is 48.4 Å². The van der Waals surface area contributed by atoms with E-state index < -0.39 is 18.0 Å². The summed E-state index contributed by atoms with van der Waals surface area (Å²) in [4.78, 5) is 44.3. The number of carbonyl (C=O) groups is 2. The van der Waals surface area contributed by atoms with Gasteiger partial charge in [-0.25, -0.2) is 14.5 Å². The highest BCUT2D eigenvalue weighted by Gasteiger charge is 2.34. The molecule has 0 radical (unpaired) electrons. The monoisotopic (exact) mass is 678 g/mol. The summed E-state index contributed by atoms with van der Waals surface area (Å²) in [6.07, 6.45) is 4.58. The summed E-state index contributed by atoms with van der Waals surface area (Å²) in [5.41, 5.74) is 3.89. The number of hydrogen-bond acceptors (Lipinski definition) is 10. The molecule has 3 heterocycles. The van der Waals surface area contributed by atoms with Gasteiger partial charge in [0.15, 0.2) is 16.3 Å². The minimum Gasteiger partial charge on any atom is -0.494 e. The predicted molar refractivity (Wildman–Crippen MR) is 185 cm³/mol. The molecule has 0 saturated heterocycles. The van der Waals surface area contributed by atoms with Gasteiger partial charge in [-0.1, -0.05) is 42.5 Å². The molecule has 250 valence electrons. The lowest BCUT2D eigenvalue weighted by atomic mass is 9.95. The summed E-state index contributed by atoms with van der Waals surface area (Å²) in [7, 11) is 2.72. The molecule has 1 atom stereocenters. The summed E-state index contributed by atoms with van der Waals surface area (Å²) in [6.45, 7) is 5.67. The van der Waals surface area contributed by atoms with Crippen LogP contribution in [0.25, 0.3) is 23.0 Å². The number of para-hydroxylation sites is 1. The SMILES string of the molecule is CCCOc1ccc(-c2nn(-c3ccccc3)cc2/C=c2\sc3n(c2=O)[C@@H](c2ccc(OC(C)=O)c(OC)c2)C(C(=O)OC)=C(C)N=3)cc1. The van der Waals surface area contributed by atoms with Crippen molar-refractivity contribution in [3.05, 3.63) is 121 Å². The first-order valence-electron chi connectivity index (χ1n) is 15.6. The molecule has 0 spiro atoms. The summed E-state index contributed by atoms with van der Waals surface area (Å²) in [5, 5.41) is 4.92. The number of thiazole rings is 1. The predicted octanol–water partition coefficient (Wildman–Crippen LogP) is 4.98. The molecule has 11 nitrogen and oxygen atoms in total. The molecule has 0 aliphatic carbocycles. The van der Waals surface area contributed by atoms with Gasteiger partial charge in [-0.3, -0.25) is 14.2 Å². The van der Waals surface area contributed by atoms with Crippen LogP contribution in [0.1, 0.15) is 44.4 Å². The van der Waals surface area contributed by atoms with Gasteiger partial charge < -0.3 is 18.9 Å². The second-order valence-corrected chi connectivity index (χ2v) is 12.2. The van der Waals surface area contributed by atoms with Gasteiger partial charge in [0.25, 0.3) is 5.56 Å². The highest BCUT2D eigenvalue weighted by atomic mass is 32.1. The number of esters is 2. The minimum atomic E-state index is -0.895. The molecular formula is C37H34N4O7S. The quantitative estimate of drug-likeness (QED) is 0.150. The molecule has 0 amide bonds. The number of allylic oxidation sites excluding steroid dienone is 1. The van der Waals surface area contributed by atoms with Crippen LogP contribution in [0.2, 0.25) is 0 Å². The molecule has 2 aromatic heterocycles. The number of fused-ring (bicyclic) bond motifs is 1. The van der Waals surface area contributed by atoms with E-state index in [0.29, 0.717) is 38.5 Å². The van der Waals surface area contributed by atoms with Crippen LogP contribution >= 0.6 is 11.3 Å². The lowest BCUT2D eigenvalue weighted by Crippen LogP contribution is -2.39. The van der Waals surface area contributed by atoms with Crippen LogP contribution < -0.4 is 29.1 Å². The molecular weight excluding hydrogens is 644 g/mol. The molecule has 5 aromatic rings. The van der Waals surface area contributed by atoms with Crippen molar-refractivity contribution in [2.24, 2.45) is 4.99 Å². The number of ether oxygens (including phenoxy) is 4. The van der Waals surface area contributed by atoms with Crippen molar-refractivity contribution in [1.82, 2.24) is 14.3 Å². The highest BCUT2D eigenvalue weighted by molar-refractivity contribution is 7.07. The third-order valence-corrected chi connectivity index (χ3v) is 8.82. The Labute approximate surface area is 286 Å². The molecule has 49 heavy (non-hydrogen) atoms. The fourth-order valence-corrected chi connectivity index (χ4v) is 6.64. The van der Waals surface area contributed by atoms with E-state index in [9.17, 15) is 14.4 Å². The maximum atomic E-state index is 14.4. The normalized spacial score (nSPS) is 14.2. The summed E-state index contributed by atoms with van der Waals surface area (Å²) >= 11 is 1.21. The van der Waals surface area contributed by atoms with Crippen molar-refractivity contribution < 1.29 is 28.5 Å². The summed E-state index contributed by atoms with van der Waals surface area (Å²) < 4.78 is 25.4. The van der Waals surface area contributed by atoms with Crippen LogP contribution in [-0.4, -0.2) is 47.1 Å². The molecule has 1 aliphatic heterocycles. The fourth-order valence-electron chi connectivity index (χ4n) is 5.60. The van der Waals surface area contributed by atoms with Crippen molar-refractivity contribution in [1.29, 1.82) is 0 Å². The smallest absolute Gasteiger partial charge is 0.338 e. The van der Waals surface area contributed by atoms with Gasteiger partial charge in [-0.05, 0) is 73.5 Å². The largest absolute Gasteiger partial charge is 0.494 e. The number of carbonyl (C=O) groups excluding carboxylic acids is 2. The molecule has 0 unspecified atom stereocenters. The maximum Gasteiger partial charge on any atom is 0.338 e. The molecule has 0 bridgehead atoms. The molecule has 6 rings (SSSR count). The van der Waals surface area contributed by atoms with Gasteiger partial charge >= 0.3 is 11.9 Å². The second-order valence-electron chi connectivity index (χ2n) is 11.2. The minimum absolute atomic E-state index is 0.201. The number of methoxy groups -OCH3 is 2. The van der Waals surface area contributed by atoms with E-state index in [-0.39, 0.29) is 22.6 Å². The van der Waals surface area contributed by atoms with Crippen molar-refractivity contribution in [3.8, 4) is 34.2 Å². The Hall–Kier alpha value is -5.75. The van der Waals surface area contributed by atoms with E-state index in [1.54, 1.807) is 35.9 Å². The second kappa shape index (κ2) is 14.2.